The van der Waals surface area contributed by atoms with E-state index in [1.807, 2.05) is 12.1 Å². The van der Waals surface area contributed by atoms with Crippen molar-refractivity contribution in [1.29, 1.82) is 0 Å². The lowest BCUT2D eigenvalue weighted by atomic mass is 10.0. The fourth-order valence-corrected chi connectivity index (χ4v) is 3.94. The van der Waals surface area contributed by atoms with Crippen LogP contribution in [0.1, 0.15) is 35.6 Å². The summed E-state index contributed by atoms with van der Waals surface area (Å²) in [7, 11) is 0. The van der Waals surface area contributed by atoms with E-state index in [-0.39, 0.29) is 5.56 Å². The third-order valence-electron chi connectivity index (χ3n) is 4.64. The monoisotopic (exact) mass is 423 g/mol. The molecule has 0 saturated heterocycles. The first kappa shape index (κ1) is 21.1. The predicted molar refractivity (Wildman–Crippen MR) is 120 cm³/mol. The first-order valence-electron chi connectivity index (χ1n) is 9.28. The third-order valence-corrected chi connectivity index (χ3v) is 5.75. The highest BCUT2D eigenvalue weighted by atomic mass is 32.1. The highest BCUT2D eigenvalue weighted by Gasteiger charge is 2.11. The molecular weight excluding hydrogens is 404 g/mol. The van der Waals surface area contributed by atoms with E-state index in [0.717, 1.165) is 17.7 Å². The number of benzene rings is 2. The smallest absolute Gasteiger partial charge is 0.142 e. The molecule has 1 nitrogen and oxygen atoms in total. The summed E-state index contributed by atoms with van der Waals surface area (Å²) in [4.78, 5) is 5.91. The third kappa shape index (κ3) is 5.46. The van der Waals surface area contributed by atoms with E-state index in [2.05, 4.69) is 48.1 Å². The second-order valence-electron chi connectivity index (χ2n) is 6.80. The van der Waals surface area contributed by atoms with Gasteiger partial charge in [-0.1, -0.05) is 44.2 Å². The lowest BCUT2D eigenvalue weighted by Gasteiger charge is -2.05. The van der Waals surface area contributed by atoms with E-state index >= 15 is 0 Å². The van der Waals surface area contributed by atoms with E-state index in [1.54, 1.807) is 35.6 Å². The summed E-state index contributed by atoms with van der Waals surface area (Å²) in [5.41, 5.74) is 1.54. The molecular formula is C24H19F2NS2. The van der Waals surface area contributed by atoms with Gasteiger partial charge < -0.3 is 0 Å². The number of isothiocyanates is 1. The molecule has 0 aliphatic carbocycles. The molecule has 0 amide bonds. The van der Waals surface area contributed by atoms with Gasteiger partial charge in [0.15, 0.2) is 0 Å². The molecule has 1 unspecified atom stereocenters. The highest BCUT2D eigenvalue weighted by molar-refractivity contribution is 7.78. The molecule has 3 rings (SSSR count). The number of hydrogen-bond acceptors (Lipinski definition) is 3. The number of rotatable bonds is 5. The van der Waals surface area contributed by atoms with Crippen molar-refractivity contribution < 1.29 is 8.78 Å². The second-order valence-corrected chi connectivity index (χ2v) is 8.15. The Balaban J connectivity index is 1.84. The Bertz CT molecular complexity index is 1090. The SMILES string of the molecule is CCC(C)Cc1ccc(C#Cc2c(F)cc(-c3ccc(N=C=S)cc3)cc2F)s1. The van der Waals surface area contributed by atoms with Crippen molar-refractivity contribution in [2.75, 3.05) is 0 Å². The second kappa shape index (κ2) is 9.71. The van der Waals surface area contributed by atoms with Crippen LogP contribution in [0.5, 0.6) is 0 Å². The lowest BCUT2D eigenvalue weighted by molar-refractivity contribution is 0.565. The molecule has 2 aromatic carbocycles. The van der Waals surface area contributed by atoms with Gasteiger partial charge in [-0.05, 0) is 72.1 Å². The van der Waals surface area contributed by atoms with Crippen LogP contribution in [0.4, 0.5) is 14.5 Å². The summed E-state index contributed by atoms with van der Waals surface area (Å²) in [6.07, 6.45) is 2.11. The van der Waals surface area contributed by atoms with E-state index in [0.29, 0.717) is 22.7 Å². The summed E-state index contributed by atoms with van der Waals surface area (Å²) in [6, 6.07) is 13.4. The maximum atomic E-state index is 14.5. The first-order chi connectivity index (χ1) is 14.0. The molecule has 0 aliphatic heterocycles. The fourth-order valence-electron chi connectivity index (χ4n) is 2.81. The number of aliphatic imine (C=N–C) groups is 1. The number of halogens is 2. The summed E-state index contributed by atoms with van der Waals surface area (Å²) in [5.74, 6) is 4.80. The molecule has 0 radical (unpaired) electrons. The average Bonchev–Trinajstić information content (AvgIpc) is 3.15. The molecule has 146 valence electrons. The Morgan fingerprint density at radius 3 is 2.31 bits per heavy atom. The summed E-state index contributed by atoms with van der Waals surface area (Å²) in [5, 5.41) is 2.28. The van der Waals surface area contributed by atoms with Gasteiger partial charge >= 0.3 is 0 Å². The molecule has 1 heterocycles. The van der Waals surface area contributed by atoms with Crippen molar-refractivity contribution in [3.05, 3.63) is 75.5 Å². The molecule has 5 heteroatoms. The van der Waals surface area contributed by atoms with Gasteiger partial charge in [-0.3, -0.25) is 0 Å². The van der Waals surface area contributed by atoms with Crippen LogP contribution in [0.2, 0.25) is 0 Å². The van der Waals surface area contributed by atoms with Gasteiger partial charge in [0.2, 0.25) is 0 Å². The molecule has 0 bridgehead atoms. The number of thiocarbonyl (C=S) groups is 1. The van der Waals surface area contributed by atoms with Crippen molar-refractivity contribution in [2.24, 2.45) is 10.9 Å². The van der Waals surface area contributed by atoms with Crippen molar-refractivity contribution in [3.63, 3.8) is 0 Å². The van der Waals surface area contributed by atoms with E-state index in [4.69, 9.17) is 0 Å². The Labute approximate surface area is 179 Å². The molecule has 3 aromatic rings. The van der Waals surface area contributed by atoms with Crippen LogP contribution in [0.15, 0.2) is 53.5 Å². The summed E-state index contributed by atoms with van der Waals surface area (Å²) in [6.45, 7) is 4.37. The van der Waals surface area contributed by atoms with Crippen LogP contribution < -0.4 is 0 Å². The minimum atomic E-state index is -0.676. The summed E-state index contributed by atoms with van der Waals surface area (Å²) >= 11 is 6.14. The average molecular weight is 424 g/mol. The van der Waals surface area contributed by atoms with Crippen LogP contribution in [0, 0.1) is 29.4 Å². The summed E-state index contributed by atoms with van der Waals surface area (Å²) < 4.78 is 29.1. The molecule has 1 atom stereocenters. The first-order valence-corrected chi connectivity index (χ1v) is 10.5. The van der Waals surface area contributed by atoms with E-state index in [9.17, 15) is 8.78 Å². The van der Waals surface area contributed by atoms with Gasteiger partial charge in [-0.2, -0.15) is 4.99 Å². The van der Waals surface area contributed by atoms with Gasteiger partial charge in [0, 0.05) is 4.88 Å². The van der Waals surface area contributed by atoms with Gasteiger partial charge in [-0.25, -0.2) is 8.78 Å². The van der Waals surface area contributed by atoms with Crippen LogP contribution in [-0.2, 0) is 6.42 Å². The van der Waals surface area contributed by atoms with Crippen molar-refractivity contribution in [2.45, 2.75) is 26.7 Å². The molecule has 0 N–H and O–H groups in total. The standard InChI is InChI=1S/C24H19F2NS2/c1-3-16(2)12-21-9-8-20(29-21)10-11-22-23(25)13-18(14-24(22)26)17-4-6-19(7-5-17)27-15-28/h4-9,13-14,16H,3,12H2,1-2H3. The Hall–Kier alpha value is -2.64. The van der Waals surface area contributed by atoms with E-state index < -0.39 is 11.6 Å². The van der Waals surface area contributed by atoms with Crippen LogP contribution in [-0.4, -0.2) is 5.16 Å². The zero-order chi connectivity index (χ0) is 20.8. The van der Waals surface area contributed by atoms with Crippen molar-refractivity contribution in [3.8, 4) is 23.0 Å². The largest absolute Gasteiger partial charge is 0.205 e. The van der Waals surface area contributed by atoms with Crippen molar-refractivity contribution in [1.82, 2.24) is 0 Å². The van der Waals surface area contributed by atoms with Crippen LogP contribution >= 0.6 is 23.6 Å². The Morgan fingerprint density at radius 2 is 1.69 bits per heavy atom. The topological polar surface area (TPSA) is 12.4 Å². The predicted octanol–water partition coefficient (Wildman–Crippen LogP) is 7.42. The molecule has 0 fully saturated rings. The van der Waals surface area contributed by atoms with Crippen LogP contribution in [0.3, 0.4) is 0 Å². The van der Waals surface area contributed by atoms with E-state index in [1.165, 1.54) is 17.0 Å². The maximum Gasteiger partial charge on any atom is 0.142 e. The highest BCUT2D eigenvalue weighted by Crippen LogP contribution is 2.26. The normalized spacial score (nSPS) is 11.3. The molecule has 0 spiro atoms. The maximum absolute atomic E-state index is 14.5. The minimum absolute atomic E-state index is 0.215. The number of hydrogen-bond donors (Lipinski definition) is 0. The lowest BCUT2D eigenvalue weighted by Crippen LogP contribution is -1.94. The molecule has 0 aliphatic rings. The van der Waals surface area contributed by atoms with Gasteiger partial charge in [-0.15, -0.1) is 11.3 Å². The van der Waals surface area contributed by atoms with Crippen LogP contribution in [0.25, 0.3) is 11.1 Å². The van der Waals surface area contributed by atoms with Crippen molar-refractivity contribution >= 4 is 34.4 Å². The van der Waals surface area contributed by atoms with Gasteiger partial charge in [0.05, 0.1) is 21.3 Å². The Kier molecular flexibility index (Phi) is 7.06. The Morgan fingerprint density at radius 1 is 1.00 bits per heavy atom. The fraction of sp³-hybridized carbons (Fsp3) is 0.208. The molecule has 29 heavy (non-hydrogen) atoms. The molecule has 0 saturated carbocycles. The number of nitrogens with zero attached hydrogens (tertiary/aromatic N) is 1. The van der Waals surface area contributed by atoms with Gasteiger partial charge in [0.25, 0.3) is 0 Å². The number of thiophene rings is 1. The minimum Gasteiger partial charge on any atom is -0.205 e. The van der Waals surface area contributed by atoms with Gasteiger partial charge in [0.1, 0.15) is 11.6 Å². The zero-order valence-corrected chi connectivity index (χ0v) is 17.8. The quantitative estimate of drug-likeness (QED) is 0.236. The molecule has 1 aromatic heterocycles. The zero-order valence-electron chi connectivity index (χ0n) is 16.1.